The van der Waals surface area contributed by atoms with E-state index in [2.05, 4.69) is 23.4 Å². The molecule has 86 valence electrons. The molecule has 2 rings (SSSR count). The normalized spacial score (nSPS) is 12.9. The lowest BCUT2D eigenvalue weighted by Gasteiger charge is -2.11. The van der Waals surface area contributed by atoms with Crippen LogP contribution in [0.25, 0.3) is 10.7 Å². The highest BCUT2D eigenvalue weighted by molar-refractivity contribution is 7.13. The van der Waals surface area contributed by atoms with Crippen molar-refractivity contribution in [2.24, 2.45) is 0 Å². The zero-order valence-electron chi connectivity index (χ0n) is 9.55. The fourth-order valence-electron chi connectivity index (χ4n) is 1.62. The molecule has 2 aromatic heterocycles. The van der Waals surface area contributed by atoms with E-state index in [1.54, 1.807) is 17.5 Å². The van der Waals surface area contributed by atoms with Gasteiger partial charge in [0.2, 0.25) is 0 Å². The number of aromatic nitrogens is 2. The van der Waals surface area contributed by atoms with Crippen molar-refractivity contribution >= 4 is 11.3 Å². The Balaban J connectivity index is 2.29. The van der Waals surface area contributed by atoms with Crippen molar-refractivity contribution in [3.63, 3.8) is 0 Å². The number of aryl methyl sites for hydroxylation is 1. The minimum absolute atomic E-state index is 0.298. The Kier molecular flexibility index (Phi) is 3.41. The van der Waals surface area contributed by atoms with Gasteiger partial charge in [0.15, 0.2) is 0 Å². The first kappa shape index (κ1) is 11.4. The molecular formula is C12H16N2OS. The van der Waals surface area contributed by atoms with Crippen LogP contribution in [0.2, 0.25) is 0 Å². The van der Waals surface area contributed by atoms with E-state index in [4.69, 9.17) is 0 Å². The molecule has 0 saturated heterocycles. The highest BCUT2D eigenvalue weighted by atomic mass is 32.1. The number of aliphatic hydroxyl groups is 1. The van der Waals surface area contributed by atoms with Crippen LogP contribution in [-0.4, -0.2) is 20.8 Å². The molecule has 0 amide bonds. The summed E-state index contributed by atoms with van der Waals surface area (Å²) in [5.41, 5.74) is 1.24. The van der Waals surface area contributed by atoms with Crippen molar-refractivity contribution < 1.29 is 5.11 Å². The minimum Gasteiger partial charge on any atom is -0.391 e. The lowest BCUT2D eigenvalue weighted by Crippen LogP contribution is -2.14. The Bertz CT molecular complexity index is 461. The maximum atomic E-state index is 9.68. The third-order valence-electron chi connectivity index (χ3n) is 2.66. The summed E-state index contributed by atoms with van der Waals surface area (Å²) >= 11 is 1.69. The van der Waals surface area contributed by atoms with Gasteiger partial charge >= 0.3 is 0 Å². The van der Waals surface area contributed by atoms with Crippen LogP contribution in [0.4, 0.5) is 0 Å². The first-order valence-electron chi connectivity index (χ1n) is 5.46. The van der Waals surface area contributed by atoms with E-state index in [1.165, 1.54) is 10.4 Å². The smallest absolute Gasteiger partial charge is 0.150 e. The van der Waals surface area contributed by atoms with Crippen molar-refractivity contribution in [3.8, 4) is 10.7 Å². The molecule has 0 aliphatic heterocycles. The van der Waals surface area contributed by atoms with Crippen LogP contribution in [0.3, 0.4) is 0 Å². The SMILES string of the molecule is CC[C@H](O)Cn1ccnc1-c1sccc1C. The molecule has 0 fully saturated rings. The van der Waals surface area contributed by atoms with E-state index in [0.717, 1.165) is 12.2 Å². The summed E-state index contributed by atoms with van der Waals surface area (Å²) < 4.78 is 2.02. The maximum Gasteiger partial charge on any atom is 0.150 e. The van der Waals surface area contributed by atoms with Gasteiger partial charge in [0, 0.05) is 12.4 Å². The van der Waals surface area contributed by atoms with Gasteiger partial charge in [0.25, 0.3) is 0 Å². The Morgan fingerprint density at radius 2 is 2.38 bits per heavy atom. The lowest BCUT2D eigenvalue weighted by atomic mass is 10.2. The first-order valence-corrected chi connectivity index (χ1v) is 6.34. The van der Waals surface area contributed by atoms with Crippen LogP contribution in [-0.2, 0) is 6.54 Å². The largest absolute Gasteiger partial charge is 0.391 e. The molecule has 4 heteroatoms. The van der Waals surface area contributed by atoms with Crippen LogP contribution < -0.4 is 0 Å². The molecule has 1 atom stereocenters. The second kappa shape index (κ2) is 4.80. The molecule has 0 saturated carbocycles. The zero-order chi connectivity index (χ0) is 11.5. The van der Waals surface area contributed by atoms with E-state index < -0.39 is 0 Å². The summed E-state index contributed by atoms with van der Waals surface area (Å²) in [6.07, 6.45) is 4.18. The van der Waals surface area contributed by atoms with Gasteiger partial charge in [0.05, 0.1) is 17.5 Å². The minimum atomic E-state index is -0.298. The van der Waals surface area contributed by atoms with E-state index in [1.807, 2.05) is 17.7 Å². The van der Waals surface area contributed by atoms with Crippen LogP contribution in [0.5, 0.6) is 0 Å². The van der Waals surface area contributed by atoms with E-state index >= 15 is 0 Å². The van der Waals surface area contributed by atoms with Gasteiger partial charge in [-0.25, -0.2) is 4.98 Å². The molecule has 2 heterocycles. The number of rotatable bonds is 4. The molecule has 0 bridgehead atoms. The van der Waals surface area contributed by atoms with Gasteiger partial charge in [-0.2, -0.15) is 0 Å². The molecule has 0 aliphatic carbocycles. The molecule has 2 aromatic rings. The summed E-state index contributed by atoms with van der Waals surface area (Å²) in [6, 6.07) is 2.09. The molecule has 1 N–H and O–H groups in total. The number of thiophene rings is 1. The number of hydrogen-bond donors (Lipinski definition) is 1. The predicted molar refractivity (Wildman–Crippen MR) is 66.6 cm³/mol. The summed E-state index contributed by atoms with van der Waals surface area (Å²) in [7, 11) is 0. The number of nitrogens with zero attached hydrogens (tertiary/aromatic N) is 2. The standard InChI is InChI=1S/C12H16N2OS/c1-3-10(15)8-14-6-5-13-12(14)11-9(2)4-7-16-11/h4-7,10,15H,3,8H2,1-2H3/t10-/m0/s1. The Morgan fingerprint density at radius 3 is 3.00 bits per heavy atom. The third kappa shape index (κ3) is 2.18. The lowest BCUT2D eigenvalue weighted by molar-refractivity contribution is 0.150. The number of imidazole rings is 1. The number of aliphatic hydroxyl groups excluding tert-OH is 1. The van der Waals surface area contributed by atoms with Gasteiger partial charge in [0.1, 0.15) is 5.82 Å². The number of hydrogen-bond acceptors (Lipinski definition) is 3. The summed E-state index contributed by atoms with van der Waals surface area (Å²) in [5, 5.41) is 11.7. The van der Waals surface area contributed by atoms with Crippen molar-refractivity contribution in [3.05, 3.63) is 29.4 Å². The Hall–Kier alpha value is -1.13. The zero-order valence-corrected chi connectivity index (χ0v) is 10.4. The van der Waals surface area contributed by atoms with Crippen molar-refractivity contribution in [2.75, 3.05) is 0 Å². The first-order chi connectivity index (χ1) is 7.72. The molecule has 16 heavy (non-hydrogen) atoms. The summed E-state index contributed by atoms with van der Waals surface area (Å²) in [4.78, 5) is 5.56. The van der Waals surface area contributed by atoms with Crippen LogP contribution >= 0.6 is 11.3 Å². The van der Waals surface area contributed by atoms with Crippen LogP contribution in [0.1, 0.15) is 18.9 Å². The van der Waals surface area contributed by atoms with Gasteiger partial charge in [-0.1, -0.05) is 6.92 Å². The predicted octanol–water partition coefficient (Wildman–Crippen LogP) is 2.69. The molecule has 0 spiro atoms. The Morgan fingerprint density at radius 1 is 1.56 bits per heavy atom. The maximum absolute atomic E-state index is 9.68. The molecule has 3 nitrogen and oxygen atoms in total. The average molecular weight is 236 g/mol. The second-order valence-corrected chi connectivity index (χ2v) is 4.81. The summed E-state index contributed by atoms with van der Waals surface area (Å²) in [6.45, 7) is 4.68. The fraction of sp³-hybridized carbons (Fsp3) is 0.417. The topological polar surface area (TPSA) is 38.0 Å². The monoisotopic (exact) mass is 236 g/mol. The molecule has 0 unspecified atom stereocenters. The average Bonchev–Trinajstić information content (AvgIpc) is 2.86. The van der Waals surface area contributed by atoms with Crippen molar-refractivity contribution in [2.45, 2.75) is 32.9 Å². The van der Waals surface area contributed by atoms with E-state index in [9.17, 15) is 5.11 Å². The molecular weight excluding hydrogens is 220 g/mol. The van der Waals surface area contributed by atoms with Gasteiger partial charge in [-0.3, -0.25) is 0 Å². The van der Waals surface area contributed by atoms with E-state index in [-0.39, 0.29) is 6.10 Å². The third-order valence-corrected chi connectivity index (χ3v) is 3.67. The summed E-state index contributed by atoms with van der Waals surface area (Å²) in [5.74, 6) is 0.958. The Labute approximate surface area is 99.4 Å². The highest BCUT2D eigenvalue weighted by Gasteiger charge is 2.11. The van der Waals surface area contributed by atoms with Crippen molar-refractivity contribution in [1.82, 2.24) is 9.55 Å². The quantitative estimate of drug-likeness (QED) is 0.886. The van der Waals surface area contributed by atoms with Crippen molar-refractivity contribution in [1.29, 1.82) is 0 Å². The van der Waals surface area contributed by atoms with Crippen LogP contribution in [0, 0.1) is 6.92 Å². The van der Waals surface area contributed by atoms with E-state index in [0.29, 0.717) is 6.54 Å². The highest BCUT2D eigenvalue weighted by Crippen LogP contribution is 2.27. The second-order valence-electron chi connectivity index (χ2n) is 3.90. The van der Waals surface area contributed by atoms with Gasteiger partial charge < -0.3 is 9.67 Å². The molecule has 0 radical (unpaired) electrons. The van der Waals surface area contributed by atoms with Gasteiger partial charge in [-0.05, 0) is 30.4 Å². The molecule has 0 aliphatic rings. The van der Waals surface area contributed by atoms with Gasteiger partial charge in [-0.15, -0.1) is 11.3 Å². The van der Waals surface area contributed by atoms with Crippen LogP contribution in [0.15, 0.2) is 23.8 Å². The fourth-order valence-corrected chi connectivity index (χ4v) is 2.56. The molecule has 0 aromatic carbocycles.